The van der Waals surface area contributed by atoms with Crippen molar-refractivity contribution in [3.63, 3.8) is 0 Å². The van der Waals surface area contributed by atoms with Crippen LogP contribution in [0.4, 0.5) is 0 Å². The lowest BCUT2D eigenvalue weighted by Gasteiger charge is -1.96. The Balaban J connectivity index is 2.78. The van der Waals surface area contributed by atoms with Crippen molar-refractivity contribution in [2.75, 3.05) is 0 Å². The number of Topliss-reactive ketones (excluding diaryl/α,β-unsaturated/α-hetero) is 2. The summed E-state index contributed by atoms with van der Waals surface area (Å²) in [5, 5.41) is 0. The highest BCUT2D eigenvalue weighted by Crippen LogP contribution is 2.08. The minimum atomic E-state index is -0.236. The molecule has 1 rings (SSSR count). The van der Waals surface area contributed by atoms with Gasteiger partial charge < -0.3 is 0 Å². The lowest BCUT2D eigenvalue weighted by atomic mass is 10.1. The highest BCUT2D eigenvalue weighted by molar-refractivity contribution is 9.10. The first kappa shape index (κ1) is 10.1. The number of aromatic nitrogens is 1. The van der Waals surface area contributed by atoms with Crippen LogP contribution >= 0.6 is 15.9 Å². The van der Waals surface area contributed by atoms with Crippen molar-refractivity contribution >= 4 is 27.5 Å². The van der Waals surface area contributed by atoms with Gasteiger partial charge in [-0.25, -0.2) is 0 Å². The number of ketones is 2. The minimum absolute atomic E-state index is 0.0748. The standard InChI is InChI=1S/C9H8BrNO2/c1-6(12)4-9(13)8-3-2-7(10)5-11-8/h2-3,5H,4H2,1H3. The van der Waals surface area contributed by atoms with Gasteiger partial charge in [-0.3, -0.25) is 14.6 Å². The largest absolute Gasteiger partial charge is 0.300 e. The molecule has 0 spiro atoms. The van der Waals surface area contributed by atoms with Crippen LogP contribution in [0.3, 0.4) is 0 Å². The van der Waals surface area contributed by atoms with E-state index in [-0.39, 0.29) is 18.0 Å². The van der Waals surface area contributed by atoms with Crippen molar-refractivity contribution in [1.82, 2.24) is 4.98 Å². The van der Waals surface area contributed by atoms with E-state index in [4.69, 9.17) is 0 Å². The first-order valence-corrected chi connectivity index (χ1v) is 4.53. The zero-order chi connectivity index (χ0) is 9.84. The Morgan fingerprint density at radius 1 is 1.46 bits per heavy atom. The average molecular weight is 242 g/mol. The molecule has 68 valence electrons. The SMILES string of the molecule is CC(=O)CC(=O)c1ccc(Br)cn1. The second kappa shape index (κ2) is 4.28. The van der Waals surface area contributed by atoms with E-state index in [1.807, 2.05) is 0 Å². The molecular formula is C9H8BrNO2. The van der Waals surface area contributed by atoms with E-state index < -0.39 is 0 Å². The third-order valence-electron chi connectivity index (χ3n) is 1.42. The summed E-state index contributed by atoms with van der Waals surface area (Å²) in [5.74, 6) is -0.380. The fraction of sp³-hybridized carbons (Fsp3) is 0.222. The molecule has 0 aromatic carbocycles. The van der Waals surface area contributed by atoms with Gasteiger partial charge in [-0.15, -0.1) is 0 Å². The smallest absolute Gasteiger partial charge is 0.188 e. The molecule has 0 aliphatic heterocycles. The maximum Gasteiger partial charge on any atom is 0.188 e. The summed E-state index contributed by atoms with van der Waals surface area (Å²) in [7, 11) is 0. The molecular weight excluding hydrogens is 234 g/mol. The van der Waals surface area contributed by atoms with Crippen LogP contribution in [0.1, 0.15) is 23.8 Å². The molecule has 1 aromatic rings. The highest BCUT2D eigenvalue weighted by atomic mass is 79.9. The molecule has 0 bridgehead atoms. The molecule has 0 fully saturated rings. The Morgan fingerprint density at radius 3 is 2.62 bits per heavy atom. The number of halogens is 1. The summed E-state index contributed by atoms with van der Waals surface area (Å²) in [6.07, 6.45) is 1.46. The minimum Gasteiger partial charge on any atom is -0.300 e. The molecule has 4 heteroatoms. The van der Waals surface area contributed by atoms with Gasteiger partial charge in [0.25, 0.3) is 0 Å². The lowest BCUT2D eigenvalue weighted by Crippen LogP contribution is -2.06. The third-order valence-corrected chi connectivity index (χ3v) is 1.89. The first-order chi connectivity index (χ1) is 6.09. The molecule has 0 aliphatic carbocycles. The molecule has 0 atom stereocenters. The lowest BCUT2D eigenvalue weighted by molar-refractivity contribution is -0.116. The van der Waals surface area contributed by atoms with Crippen LogP contribution in [0.15, 0.2) is 22.8 Å². The second-order valence-electron chi connectivity index (χ2n) is 2.66. The Bertz CT molecular complexity index is 332. The predicted molar refractivity (Wildman–Crippen MR) is 51.6 cm³/mol. The van der Waals surface area contributed by atoms with Crippen molar-refractivity contribution in [3.05, 3.63) is 28.5 Å². The number of carbonyl (C=O) groups excluding carboxylic acids is 2. The topological polar surface area (TPSA) is 47.0 Å². The van der Waals surface area contributed by atoms with Crippen LogP contribution < -0.4 is 0 Å². The highest BCUT2D eigenvalue weighted by Gasteiger charge is 2.08. The van der Waals surface area contributed by atoms with Gasteiger partial charge in [0.2, 0.25) is 0 Å². The summed E-state index contributed by atoms with van der Waals surface area (Å²) in [6.45, 7) is 1.39. The Hall–Kier alpha value is -1.03. The van der Waals surface area contributed by atoms with E-state index >= 15 is 0 Å². The molecule has 3 nitrogen and oxygen atoms in total. The summed E-state index contributed by atoms with van der Waals surface area (Å²) >= 11 is 3.20. The van der Waals surface area contributed by atoms with Gasteiger partial charge in [-0.2, -0.15) is 0 Å². The number of pyridine rings is 1. The summed E-state index contributed by atoms with van der Waals surface area (Å²) in [5.41, 5.74) is 0.332. The number of carbonyl (C=O) groups is 2. The zero-order valence-corrected chi connectivity index (χ0v) is 8.67. The predicted octanol–water partition coefficient (Wildman–Crippen LogP) is 2.01. The second-order valence-corrected chi connectivity index (χ2v) is 3.58. The molecule has 1 aromatic heterocycles. The molecule has 0 unspecified atom stereocenters. The van der Waals surface area contributed by atoms with Crippen LogP contribution in [0, 0.1) is 0 Å². The summed E-state index contributed by atoms with van der Waals surface area (Å²) in [4.78, 5) is 25.8. The van der Waals surface area contributed by atoms with Gasteiger partial charge in [0.05, 0.1) is 6.42 Å². The van der Waals surface area contributed by atoms with Crippen LogP contribution in [0.25, 0.3) is 0 Å². The molecule has 0 radical (unpaired) electrons. The van der Waals surface area contributed by atoms with Crippen LogP contribution in [0.2, 0.25) is 0 Å². The van der Waals surface area contributed by atoms with Gasteiger partial charge in [0.1, 0.15) is 11.5 Å². The quantitative estimate of drug-likeness (QED) is 0.601. The van der Waals surface area contributed by atoms with Gasteiger partial charge in [-0.05, 0) is 35.0 Å². The average Bonchev–Trinajstić information content (AvgIpc) is 2.04. The van der Waals surface area contributed by atoms with Gasteiger partial charge in [0, 0.05) is 10.7 Å². The maximum absolute atomic E-state index is 11.3. The van der Waals surface area contributed by atoms with Crippen LogP contribution in [-0.4, -0.2) is 16.6 Å². The normalized spacial score (nSPS) is 9.69. The Labute approximate surface area is 84.3 Å². The van der Waals surface area contributed by atoms with E-state index in [0.29, 0.717) is 5.69 Å². The van der Waals surface area contributed by atoms with Crippen molar-refractivity contribution in [1.29, 1.82) is 0 Å². The maximum atomic E-state index is 11.3. The van der Waals surface area contributed by atoms with Crippen LogP contribution in [-0.2, 0) is 4.79 Å². The Kier molecular flexibility index (Phi) is 3.31. The van der Waals surface area contributed by atoms with Gasteiger partial charge >= 0.3 is 0 Å². The Morgan fingerprint density at radius 2 is 2.15 bits per heavy atom. The third kappa shape index (κ3) is 3.06. The van der Waals surface area contributed by atoms with E-state index in [1.165, 1.54) is 13.1 Å². The summed E-state index contributed by atoms with van der Waals surface area (Å²) in [6, 6.07) is 3.32. The van der Waals surface area contributed by atoms with E-state index in [0.717, 1.165) is 4.47 Å². The molecule has 0 amide bonds. The molecule has 0 saturated carbocycles. The van der Waals surface area contributed by atoms with E-state index in [2.05, 4.69) is 20.9 Å². The van der Waals surface area contributed by atoms with Crippen molar-refractivity contribution in [3.8, 4) is 0 Å². The fourth-order valence-corrected chi connectivity index (χ4v) is 1.09. The number of rotatable bonds is 3. The molecule has 13 heavy (non-hydrogen) atoms. The molecule has 0 N–H and O–H groups in total. The van der Waals surface area contributed by atoms with Crippen molar-refractivity contribution in [2.45, 2.75) is 13.3 Å². The molecule has 0 saturated heterocycles. The zero-order valence-electron chi connectivity index (χ0n) is 7.08. The molecule has 1 heterocycles. The van der Waals surface area contributed by atoms with Crippen LogP contribution in [0.5, 0.6) is 0 Å². The first-order valence-electron chi connectivity index (χ1n) is 3.74. The number of nitrogens with zero attached hydrogens (tertiary/aromatic N) is 1. The summed E-state index contributed by atoms with van der Waals surface area (Å²) < 4.78 is 0.812. The molecule has 0 aliphatic rings. The monoisotopic (exact) mass is 241 g/mol. The van der Waals surface area contributed by atoms with Gasteiger partial charge in [-0.1, -0.05) is 0 Å². The van der Waals surface area contributed by atoms with E-state index in [9.17, 15) is 9.59 Å². The van der Waals surface area contributed by atoms with Crippen molar-refractivity contribution < 1.29 is 9.59 Å². The van der Waals surface area contributed by atoms with Crippen molar-refractivity contribution in [2.24, 2.45) is 0 Å². The number of hydrogen-bond acceptors (Lipinski definition) is 3. The van der Waals surface area contributed by atoms with Gasteiger partial charge in [0.15, 0.2) is 5.78 Å². The van der Waals surface area contributed by atoms with E-state index in [1.54, 1.807) is 12.1 Å². The number of hydrogen-bond donors (Lipinski definition) is 0. The fourth-order valence-electron chi connectivity index (χ4n) is 0.857.